The van der Waals surface area contributed by atoms with Gasteiger partial charge in [-0.25, -0.2) is 9.78 Å². The lowest BCUT2D eigenvalue weighted by Crippen LogP contribution is -2.39. The highest BCUT2D eigenvalue weighted by Crippen LogP contribution is 2.23. The molecule has 0 N–H and O–H groups in total. The zero-order valence-electron chi connectivity index (χ0n) is 16.5. The standard InChI is InChI=1S/C21H21N5O4/c1-29-21(28)16-4-2-3-15(12-16)20(27)26-9-5-14(6-10-26)11-18-24-19(25-30-18)17-13-22-7-8-23-17/h2-4,7-8,12-14H,5-6,9-11H2,1H3. The maximum Gasteiger partial charge on any atom is 0.337 e. The molecule has 0 unspecified atom stereocenters. The smallest absolute Gasteiger partial charge is 0.337 e. The van der Waals surface area contributed by atoms with Crippen LogP contribution >= 0.6 is 0 Å². The van der Waals surface area contributed by atoms with Crippen LogP contribution in [-0.4, -0.2) is 57.1 Å². The van der Waals surface area contributed by atoms with Crippen molar-refractivity contribution in [3.05, 3.63) is 59.9 Å². The number of ether oxygens (including phenoxy) is 1. The van der Waals surface area contributed by atoms with Crippen LogP contribution in [0.25, 0.3) is 11.5 Å². The first-order valence-electron chi connectivity index (χ1n) is 9.70. The minimum atomic E-state index is -0.455. The van der Waals surface area contributed by atoms with Crippen molar-refractivity contribution in [2.45, 2.75) is 19.3 Å². The van der Waals surface area contributed by atoms with E-state index >= 15 is 0 Å². The monoisotopic (exact) mass is 407 g/mol. The van der Waals surface area contributed by atoms with Crippen LogP contribution in [-0.2, 0) is 11.2 Å². The molecular formula is C21H21N5O4. The zero-order valence-corrected chi connectivity index (χ0v) is 16.5. The van der Waals surface area contributed by atoms with Crippen LogP contribution in [0.2, 0.25) is 0 Å². The fraction of sp³-hybridized carbons (Fsp3) is 0.333. The first-order chi connectivity index (χ1) is 14.6. The van der Waals surface area contributed by atoms with Gasteiger partial charge in [0.05, 0.1) is 18.9 Å². The van der Waals surface area contributed by atoms with Crippen LogP contribution in [0.4, 0.5) is 0 Å². The maximum atomic E-state index is 12.8. The summed E-state index contributed by atoms with van der Waals surface area (Å²) >= 11 is 0. The number of hydrogen-bond acceptors (Lipinski definition) is 8. The molecule has 1 aliphatic heterocycles. The largest absolute Gasteiger partial charge is 0.465 e. The molecule has 1 amide bonds. The highest BCUT2D eigenvalue weighted by molar-refractivity contribution is 5.97. The van der Waals surface area contributed by atoms with Gasteiger partial charge in [0.15, 0.2) is 0 Å². The second kappa shape index (κ2) is 8.81. The minimum absolute atomic E-state index is 0.0815. The summed E-state index contributed by atoms with van der Waals surface area (Å²) in [6.45, 7) is 1.27. The lowest BCUT2D eigenvalue weighted by Gasteiger charge is -2.31. The Labute approximate surface area is 173 Å². The molecule has 4 rings (SSSR count). The summed E-state index contributed by atoms with van der Waals surface area (Å²) in [6, 6.07) is 6.62. The number of methoxy groups -OCH3 is 1. The number of piperidine rings is 1. The molecule has 0 spiro atoms. The van der Waals surface area contributed by atoms with E-state index in [1.54, 1.807) is 42.9 Å². The third-order valence-electron chi connectivity index (χ3n) is 5.16. The number of esters is 1. The summed E-state index contributed by atoms with van der Waals surface area (Å²) in [4.78, 5) is 38.9. The van der Waals surface area contributed by atoms with E-state index in [0.717, 1.165) is 12.8 Å². The number of rotatable bonds is 5. The Kier molecular flexibility index (Phi) is 5.78. The van der Waals surface area contributed by atoms with Gasteiger partial charge >= 0.3 is 5.97 Å². The number of amides is 1. The average Bonchev–Trinajstić information content (AvgIpc) is 3.28. The van der Waals surface area contributed by atoms with Crippen LogP contribution < -0.4 is 0 Å². The van der Waals surface area contributed by atoms with Gasteiger partial charge in [0.1, 0.15) is 5.69 Å². The lowest BCUT2D eigenvalue weighted by molar-refractivity contribution is 0.0600. The predicted molar refractivity (Wildman–Crippen MR) is 105 cm³/mol. The number of aromatic nitrogens is 4. The van der Waals surface area contributed by atoms with E-state index < -0.39 is 5.97 Å². The van der Waals surface area contributed by atoms with E-state index in [0.29, 0.717) is 54.0 Å². The van der Waals surface area contributed by atoms with E-state index in [4.69, 9.17) is 9.26 Å². The maximum absolute atomic E-state index is 12.8. The van der Waals surface area contributed by atoms with Crippen LogP contribution in [0.15, 0.2) is 47.4 Å². The Morgan fingerprint density at radius 3 is 2.73 bits per heavy atom. The first-order valence-corrected chi connectivity index (χ1v) is 9.70. The van der Waals surface area contributed by atoms with Crippen molar-refractivity contribution in [3.63, 3.8) is 0 Å². The summed E-state index contributed by atoms with van der Waals surface area (Å²) in [5.74, 6) is 0.804. The highest BCUT2D eigenvalue weighted by Gasteiger charge is 2.26. The van der Waals surface area contributed by atoms with Gasteiger partial charge in [-0.1, -0.05) is 11.2 Å². The Morgan fingerprint density at radius 2 is 2.00 bits per heavy atom. The normalized spacial score (nSPS) is 14.5. The van der Waals surface area contributed by atoms with E-state index in [1.165, 1.54) is 7.11 Å². The Bertz CT molecular complexity index is 1030. The van der Waals surface area contributed by atoms with Gasteiger partial charge in [-0.2, -0.15) is 4.98 Å². The van der Waals surface area contributed by atoms with Gasteiger partial charge < -0.3 is 14.2 Å². The molecule has 0 bridgehead atoms. The summed E-state index contributed by atoms with van der Waals surface area (Å²) in [5, 5.41) is 3.97. The molecule has 1 fully saturated rings. The van der Waals surface area contributed by atoms with Gasteiger partial charge in [-0.05, 0) is 37.0 Å². The van der Waals surface area contributed by atoms with Gasteiger partial charge in [0.25, 0.3) is 5.91 Å². The second-order valence-electron chi connectivity index (χ2n) is 7.11. The number of nitrogens with zero attached hydrogens (tertiary/aromatic N) is 5. The van der Waals surface area contributed by atoms with E-state index in [9.17, 15) is 9.59 Å². The molecule has 0 aliphatic carbocycles. The Hall–Kier alpha value is -3.62. The molecule has 1 saturated heterocycles. The number of hydrogen-bond donors (Lipinski definition) is 0. The van der Waals surface area contributed by atoms with E-state index in [2.05, 4.69) is 20.1 Å². The quantitative estimate of drug-likeness (QED) is 0.593. The van der Waals surface area contributed by atoms with Crippen molar-refractivity contribution >= 4 is 11.9 Å². The molecular weight excluding hydrogens is 386 g/mol. The summed E-state index contributed by atoms with van der Waals surface area (Å²) in [5.41, 5.74) is 1.43. The third kappa shape index (κ3) is 4.35. The minimum Gasteiger partial charge on any atom is -0.465 e. The van der Waals surface area contributed by atoms with Crippen LogP contribution in [0.5, 0.6) is 0 Å². The fourth-order valence-corrected chi connectivity index (χ4v) is 3.52. The number of benzene rings is 1. The first kappa shape index (κ1) is 19.7. The number of likely N-dealkylation sites (tertiary alicyclic amines) is 1. The van der Waals surface area contributed by atoms with Crippen molar-refractivity contribution in [2.75, 3.05) is 20.2 Å². The fourth-order valence-electron chi connectivity index (χ4n) is 3.52. The number of carbonyl (C=O) groups excluding carboxylic acids is 2. The average molecular weight is 407 g/mol. The van der Waals surface area contributed by atoms with E-state index in [1.807, 2.05) is 4.90 Å². The van der Waals surface area contributed by atoms with Crippen molar-refractivity contribution in [1.82, 2.24) is 25.0 Å². The molecule has 30 heavy (non-hydrogen) atoms. The van der Waals surface area contributed by atoms with Crippen LogP contribution in [0, 0.1) is 5.92 Å². The van der Waals surface area contributed by atoms with Gasteiger partial charge in [-0.15, -0.1) is 0 Å². The zero-order chi connectivity index (χ0) is 20.9. The van der Waals surface area contributed by atoms with Crippen molar-refractivity contribution in [2.24, 2.45) is 5.92 Å². The molecule has 0 atom stereocenters. The Balaban J connectivity index is 1.34. The van der Waals surface area contributed by atoms with Gasteiger partial charge in [-0.3, -0.25) is 9.78 Å². The second-order valence-corrected chi connectivity index (χ2v) is 7.11. The number of carbonyl (C=O) groups is 2. The van der Waals surface area contributed by atoms with E-state index in [-0.39, 0.29) is 5.91 Å². The highest BCUT2D eigenvalue weighted by atomic mass is 16.5. The van der Waals surface area contributed by atoms with Crippen LogP contribution in [0.3, 0.4) is 0 Å². The Morgan fingerprint density at radius 1 is 1.20 bits per heavy atom. The van der Waals surface area contributed by atoms with Crippen LogP contribution in [0.1, 0.15) is 39.4 Å². The van der Waals surface area contributed by atoms with Gasteiger partial charge in [0.2, 0.25) is 11.7 Å². The predicted octanol–water partition coefficient (Wildman–Crippen LogP) is 2.41. The molecule has 2 aromatic heterocycles. The summed E-state index contributed by atoms with van der Waals surface area (Å²) in [7, 11) is 1.32. The summed E-state index contributed by atoms with van der Waals surface area (Å²) < 4.78 is 10.1. The van der Waals surface area contributed by atoms with Gasteiger partial charge in [0, 0.05) is 37.5 Å². The molecule has 154 valence electrons. The molecule has 1 aromatic carbocycles. The molecule has 3 heterocycles. The molecule has 9 heteroatoms. The molecule has 3 aromatic rings. The van der Waals surface area contributed by atoms with Crippen molar-refractivity contribution in [3.8, 4) is 11.5 Å². The van der Waals surface area contributed by atoms with Crippen molar-refractivity contribution in [1.29, 1.82) is 0 Å². The molecule has 0 saturated carbocycles. The molecule has 0 radical (unpaired) electrons. The topological polar surface area (TPSA) is 111 Å². The molecule has 1 aliphatic rings. The lowest BCUT2D eigenvalue weighted by atomic mass is 9.93. The van der Waals surface area contributed by atoms with Crippen molar-refractivity contribution < 1.29 is 18.8 Å². The third-order valence-corrected chi connectivity index (χ3v) is 5.16. The summed E-state index contributed by atoms with van der Waals surface area (Å²) in [6.07, 6.45) is 7.10. The molecule has 9 nitrogen and oxygen atoms in total. The SMILES string of the molecule is COC(=O)c1cccc(C(=O)N2CCC(Cc3nc(-c4cnccn4)no3)CC2)c1.